The fraction of sp³-hybridized carbons (Fsp3) is 0.722. The summed E-state index contributed by atoms with van der Waals surface area (Å²) in [4.78, 5) is 0. The van der Waals surface area contributed by atoms with Crippen molar-refractivity contribution >= 4 is 0 Å². The zero-order chi connectivity index (χ0) is 30.0. The molecule has 6 heteroatoms. The third-order valence-electron chi connectivity index (χ3n) is 9.98. The van der Waals surface area contributed by atoms with Crippen molar-refractivity contribution < 1.29 is 27.0 Å². The molecule has 236 valence electrons. The van der Waals surface area contributed by atoms with Crippen LogP contribution in [0.25, 0.3) is 0 Å². The van der Waals surface area contributed by atoms with Gasteiger partial charge in [0.15, 0.2) is 18.2 Å². The number of halogens is 4. The van der Waals surface area contributed by atoms with Crippen LogP contribution in [0, 0.1) is 35.3 Å². The zero-order valence-electron chi connectivity index (χ0n) is 25.8. The first-order valence-corrected chi connectivity index (χ1v) is 16.7. The highest BCUT2D eigenvalue weighted by atomic mass is 19.3. The summed E-state index contributed by atoms with van der Waals surface area (Å²) in [5, 5.41) is 0. The van der Waals surface area contributed by atoms with Crippen molar-refractivity contribution in [2.75, 3.05) is 6.61 Å². The van der Waals surface area contributed by atoms with Gasteiger partial charge in [-0.25, -0.2) is 4.39 Å². The Bertz CT molecular complexity index is 998. The second kappa shape index (κ2) is 16.3. The number of benzene rings is 1. The van der Waals surface area contributed by atoms with E-state index in [-0.39, 0.29) is 17.6 Å². The summed E-state index contributed by atoms with van der Waals surface area (Å²) in [6.45, 7) is 3.30. The number of ether oxygens (including phenoxy) is 2. The van der Waals surface area contributed by atoms with Gasteiger partial charge < -0.3 is 9.47 Å². The molecule has 3 fully saturated rings. The minimum Gasteiger partial charge on any atom is -0.428 e. The normalized spacial score (nSPS) is 29.4. The topological polar surface area (TPSA) is 18.5 Å². The van der Waals surface area contributed by atoms with Crippen molar-refractivity contribution in [3.63, 3.8) is 0 Å². The van der Waals surface area contributed by atoms with E-state index in [9.17, 15) is 17.6 Å². The molecule has 3 aliphatic carbocycles. The van der Waals surface area contributed by atoms with Crippen LogP contribution in [0.2, 0.25) is 0 Å². The quantitative estimate of drug-likeness (QED) is 0.129. The first kappa shape index (κ1) is 33.1. The number of hydrogen-bond acceptors (Lipinski definition) is 2. The van der Waals surface area contributed by atoms with Crippen LogP contribution in [-0.2, 0) is 4.74 Å². The molecule has 0 aromatic heterocycles. The lowest BCUT2D eigenvalue weighted by molar-refractivity contribution is -0.223. The molecule has 0 aliphatic heterocycles. The van der Waals surface area contributed by atoms with E-state index in [1.807, 2.05) is 0 Å². The fourth-order valence-electron chi connectivity index (χ4n) is 7.36. The van der Waals surface area contributed by atoms with E-state index < -0.39 is 30.1 Å². The molecule has 0 amide bonds. The minimum atomic E-state index is -3.74. The summed E-state index contributed by atoms with van der Waals surface area (Å²) in [6.07, 6.45) is 21.8. The Morgan fingerprint density at radius 3 is 1.95 bits per heavy atom. The summed E-state index contributed by atoms with van der Waals surface area (Å²) in [5.41, 5.74) is 0.276. The predicted molar refractivity (Wildman–Crippen MR) is 162 cm³/mol. The van der Waals surface area contributed by atoms with Gasteiger partial charge in [-0.05, 0) is 125 Å². The van der Waals surface area contributed by atoms with E-state index in [1.54, 1.807) is 0 Å². The van der Waals surface area contributed by atoms with Gasteiger partial charge in [0.05, 0.1) is 6.10 Å². The van der Waals surface area contributed by atoms with Crippen LogP contribution in [-0.4, -0.2) is 18.8 Å². The van der Waals surface area contributed by atoms with Crippen LogP contribution in [0.15, 0.2) is 36.4 Å². The molecule has 0 saturated heterocycles. The first-order chi connectivity index (χ1) is 20.3. The van der Waals surface area contributed by atoms with E-state index in [4.69, 9.17) is 4.74 Å². The number of hydrogen-bond donors (Lipinski definition) is 0. The average molecular weight is 593 g/mol. The van der Waals surface area contributed by atoms with E-state index in [2.05, 4.69) is 42.9 Å². The molecule has 0 heterocycles. The lowest BCUT2D eigenvalue weighted by Crippen LogP contribution is -2.34. The monoisotopic (exact) mass is 592 g/mol. The van der Waals surface area contributed by atoms with Gasteiger partial charge in [-0.1, -0.05) is 63.0 Å². The van der Waals surface area contributed by atoms with Gasteiger partial charge in [0, 0.05) is 0 Å². The van der Waals surface area contributed by atoms with Crippen molar-refractivity contribution in [2.45, 2.75) is 135 Å². The van der Waals surface area contributed by atoms with Gasteiger partial charge in [-0.15, -0.1) is 0 Å². The van der Waals surface area contributed by atoms with Crippen LogP contribution >= 0.6 is 0 Å². The Morgan fingerprint density at radius 2 is 1.36 bits per heavy atom. The Morgan fingerprint density at radius 1 is 0.762 bits per heavy atom. The summed E-state index contributed by atoms with van der Waals surface area (Å²) in [7, 11) is 0. The molecule has 0 N–H and O–H groups in total. The third-order valence-corrected chi connectivity index (χ3v) is 9.98. The van der Waals surface area contributed by atoms with Crippen LogP contribution < -0.4 is 4.74 Å². The predicted octanol–water partition coefficient (Wildman–Crippen LogP) is 11.3. The van der Waals surface area contributed by atoms with Gasteiger partial charge in [0.1, 0.15) is 0 Å². The molecule has 1 aromatic carbocycles. The van der Waals surface area contributed by atoms with Gasteiger partial charge in [-0.3, -0.25) is 0 Å². The molecule has 0 unspecified atom stereocenters. The average Bonchev–Trinajstić information content (AvgIpc) is 2.99. The van der Waals surface area contributed by atoms with Crippen LogP contribution in [0.3, 0.4) is 0 Å². The van der Waals surface area contributed by atoms with Crippen LogP contribution in [0.4, 0.5) is 17.6 Å². The van der Waals surface area contributed by atoms with Crippen molar-refractivity contribution in [3.05, 3.63) is 53.6 Å². The minimum absolute atomic E-state index is 0.0805. The summed E-state index contributed by atoms with van der Waals surface area (Å²) < 4.78 is 69.3. The first-order valence-electron chi connectivity index (χ1n) is 16.7. The molecule has 0 bridgehead atoms. The summed E-state index contributed by atoms with van der Waals surface area (Å²) in [6, 6.07) is 2.58. The molecule has 0 atom stereocenters. The second-order valence-electron chi connectivity index (χ2n) is 13.2. The smallest absolute Gasteiger partial charge is 0.422 e. The van der Waals surface area contributed by atoms with Crippen molar-refractivity contribution in [1.29, 1.82) is 0 Å². The van der Waals surface area contributed by atoms with Crippen LogP contribution in [0.1, 0.15) is 128 Å². The summed E-state index contributed by atoms with van der Waals surface area (Å²) in [5.74, 6) is -0.761. The Labute approximate surface area is 251 Å². The standard InChI is InChI=1S/C36H52F4O2/c1-3-5-6-8-27-15-19-30(20-16-27)32-23-24-33(35(38)34(32)37)42-36(39,40)25-41-31-21-17-29(18-22-31)14-13-28-11-9-26(7-4-2)10-12-28/h4,7,13-14,23-24,26-31H,3,5-6,8-12,15-22,25H2,1-2H3/b7-4+,14-13+. The molecule has 2 nitrogen and oxygen atoms in total. The van der Waals surface area contributed by atoms with E-state index in [0.717, 1.165) is 50.5 Å². The van der Waals surface area contributed by atoms with Gasteiger partial charge in [-0.2, -0.15) is 13.2 Å². The van der Waals surface area contributed by atoms with E-state index >= 15 is 0 Å². The maximum Gasteiger partial charge on any atom is 0.422 e. The maximum absolute atomic E-state index is 15.0. The molecule has 3 saturated carbocycles. The summed E-state index contributed by atoms with van der Waals surface area (Å²) >= 11 is 0. The molecule has 0 spiro atoms. The van der Waals surface area contributed by atoms with Gasteiger partial charge >= 0.3 is 6.11 Å². The van der Waals surface area contributed by atoms with Gasteiger partial charge in [0.25, 0.3) is 0 Å². The molecular formula is C36H52F4O2. The molecule has 0 radical (unpaired) electrons. The largest absolute Gasteiger partial charge is 0.428 e. The van der Waals surface area contributed by atoms with Gasteiger partial charge in [0.2, 0.25) is 5.82 Å². The number of unbranched alkanes of at least 4 members (excludes halogenated alkanes) is 2. The van der Waals surface area contributed by atoms with E-state index in [1.165, 1.54) is 57.4 Å². The lowest BCUT2D eigenvalue weighted by atomic mass is 9.77. The SMILES string of the molecule is C/C=C/C1CCC(/C=C/C2CCC(OCC(F)(F)Oc3ccc(C4CCC(CCCCC)CC4)c(F)c3F)CC2)CC1. The molecule has 42 heavy (non-hydrogen) atoms. The lowest BCUT2D eigenvalue weighted by Gasteiger charge is -2.30. The molecule has 3 aliphatic rings. The van der Waals surface area contributed by atoms with Crippen LogP contribution in [0.5, 0.6) is 5.75 Å². The fourth-order valence-corrected chi connectivity index (χ4v) is 7.36. The van der Waals surface area contributed by atoms with Crippen molar-refractivity contribution in [1.82, 2.24) is 0 Å². The molecule has 1 aromatic rings. The number of allylic oxidation sites excluding steroid dienone is 4. The highest BCUT2D eigenvalue weighted by molar-refractivity contribution is 5.33. The zero-order valence-corrected chi connectivity index (χ0v) is 25.8. The van der Waals surface area contributed by atoms with E-state index in [0.29, 0.717) is 30.6 Å². The van der Waals surface area contributed by atoms with Crippen molar-refractivity contribution in [3.8, 4) is 5.75 Å². The Kier molecular flexibility index (Phi) is 12.8. The molecular weight excluding hydrogens is 540 g/mol. The highest BCUT2D eigenvalue weighted by Crippen LogP contribution is 2.41. The number of alkyl halides is 2. The maximum atomic E-state index is 15.0. The molecule has 4 rings (SSSR count). The highest BCUT2D eigenvalue weighted by Gasteiger charge is 2.36. The third kappa shape index (κ3) is 9.86. The Hall–Kier alpha value is -1.82. The second-order valence-corrected chi connectivity index (χ2v) is 13.2. The Balaban J connectivity index is 1.19. The van der Waals surface area contributed by atoms with Crippen molar-refractivity contribution in [2.24, 2.45) is 23.7 Å². The number of rotatable bonds is 13.